The van der Waals surface area contributed by atoms with Gasteiger partial charge in [-0.1, -0.05) is 36.0 Å². The number of aromatic nitrogens is 1. The van der Waals surface area contributed by atoms with Crippen LogP contribution < -0.4 is 0 Å². The zero-order valence-corrected chi connectivity index (χ0v) is 11.3. The van der Waals surface area contributed by atoms with Crippen LogP contribution in [-0.2, 0) is 0 Å². The number of benzene rings is 1. The van der Waals surface area contributed by atoms with Gasteiger partial charge in [-0.15, -0.1) is 12.6 Å². The molecule has 1 aromatic heterocycles. The average Bonchev–Trinajstić information content (AvgIpc) is 2.41. The number of aliphatic imine (C=N–C) groups is 1. The molecule has 0 saturated carbocycles. The lowest BCUT2D eigenvalue weighted by molar-refractivity contribution is 1.14. The van der Waals surface area contributed by atoms with E-state index in [9.17, 15) is 0 Å². The van der Waals surface area contributed by atoms with Crippen molar-refractivity contribution in [3.05, 3.63) is 66.2 Å². The predicted molar refractivity (Wildman–Crippen MR) is 81.8 cm³/mol. The van der Waals surface area contributed by atoms with Crippen molar-refractivity contribution in [1.29, 1.82) is 0 Å². The van der Waals surface area contributed by atoms with Crippen molar-refractivity contribution in [3.8, 4) is 0 Å². The van der Waals surface area contributed by atoms with Gasteiger partial charge in [-0.05, 0) is 35.7 Å². The molecule has 1 heterocycles. The Morgan fingerprint density at radius 1 is 1.11 bits per heavy atom. The average molecular weight is 272 g/mol. The molecule has 0 aliphatic carbocycles. The number of hydrogen-bond donors (Lipinski definition) is 1. The normalized spacial score (nSPS) is 11.9. The van der Waals surface area contributed by atoms with E-state index < -0.39 is 0 Å². The minimum atomic E-state index is 0.671. The SMILES string of the molecule is SC(C=CSc1ccccn1)=Nc1ccccc1. The van der Waals surface area contributed by atoms with E-state index in [-0.39, 0.29) is 0 Å². The van der Waals surface area contributed by atoms with E-state index in [4.69, 9.17) is 0 Å². The number of nitrogens with zero attached hydrogens (tertiary/aromatic N) is 2. The third-order valence-corrected chi connectivity index (χ3v) is 3.05. The molecule has 0 aliphatic heterocycles. The van der Waals surface area contributed by atoms with Crippen molar-refractivity contribution in [2.24, 2.45) is 4.99 Å². The largest absolute Gasteiger partial charge is 0.250 e. The highest BCUT2D eigenvalue weighted by molar-refractivity contribution is 8.02. The first-order valence-electron chi connectivity index (χ1n) is 5.41. The van der Waals surface area contributed by atoms with Gasteiger partial charge < -0.3 is 0 Å². The molecule has 2 rings (SSSR count). The molecule has 0 bridgehead atoms. The number of pyridine rings is 1. The fraction of sp³-hybridized carbons (Fsp3) is 0. The summed E-state index contributed by atoms with van der Waals surface area (Å²) in [6.45, 7) is 0. The van der Waals surface area contributed by atoms with Crippen LogP contribution in [0.15, 0.2) is 76.2 Å². The zero-order chi connectivity index (χ0) is 12.6. The second-order valence-electron chi connectivity index (χ2n) is 3.39. The van der Waals surface area contributed by atoms with E-state index >= 15 is 0 Å². The summed E-state index contributed by atoms with van der Waals surface area (Å²) in [4.78, 5) is 8.56. The van der Waals surface area contributed by atoms with Gasteiger partial charge in [-0.25, -0.2) is 9.98 Å². The van der Waals surface area contributed by atoms with Crippen molar-refractivity contribution in [2.45, 2.75) is 5.03 Å². The van der Waals surface area contributed by atoms with Crippen LogP contribution in [0.2, 0.25) is 0 Å². The van der Waals surface area contributed by atoms with Crippen molar-refractivity contribution in [3.63, 3.8) is 0 Å². The summed E-state index contributed by atoms with van der Waals surface area (Å²) in [6.07, 6.45) is 3.63. The van der Waals surface area contributed by atoms with Gasteiger partial charge in [0.1, 0.15) is 5.03 Å². The molecule has 0 radical (unpaired) electrons. The van der Waals surface area contributed by atoms with Gasteiger partial charge in [0.05, 0.1) is 10.7 Å². The third-order valence-electron chi connectivity index (χ3n) is 2.04. The summed E-state index contributed by atoms with van der Waals surface area (Å²) in [7, 11) is 0. The first kappa shape index (κ1) is 12.9. The quantitative estimate of drug-likeness (QED) is 0.387. The summed E-state index contributed by atoms with van der Waals surface area (Å²) in [5, 5.41) is 3.55. The number of thiol groups is 1. The fourth-order valence-electron chi connectivity index (χ4n) is 1.25. The minimum absolute atomic E-state index is 0.671. The van der Waals surface area contributed by atoms with Gasteiger partial charge in [-0.2, -0.15) is 0 Å². The van der Waals surface area contributed by atoms with E-state index in [2.05, 4.69) is 22.6 Å². The lowest BCUT2D eigenvalue weighted by Gasteiger charge is -1.94. The van der Waals surface area contributed by atoms with Crippen molar-refractivity contribution in [1.82, 2.24) is 4.98 Å². The third kappa shape index (κ3) is 4.39. The van der Waals surface area contributed by atoms with E-state index in [1.165, 1.54) is 11.8 Å². The van der Waals surface area contributed by atoms with Crippen LogP contribution in [0.5, 0.6) is 0 Å². The zero-order valence-electron chi connectivity index (χ0n) is 9.60. The van der Waals surface area contributed by atoms with Gasteiger partial charge in [0.25, 0.3) is 0 Å². The summed E-state index contributed by atoms with van der Waals surface area (Å²) < 4.78 is 0. The molecule has 0 aliphatic rings. The van der Waals surface area contributed by atoms with Gasteiger partial charge in [0.2, 0.25) is 0 Å². The van der Waals surface area contributed by atoms with E-state index in [0.29, 0.717) is 5.04 Å². The molecule has 0 N–H and O–H groups in total. The van der Waals surface area contributed by atoms with Crippen molar-refractivity contribution in [2.75, 3.05) is 0 Å². The molecule has 0 spiro atoms. The molecule has 0 atom stereocenters. The smallest absolute Gasteiger partial charge is 0.100 e. The van der Waals surface area contributed by atoms with E-state index in [0.717, 1.165) is 10.7 Å². The molecule has 4 heteroatoms. The molecule has 18 heavy (non-hydrogen) atoms. The Kier molecular flexibility index (Phi) is 5.05. The number of thioether (sulfide) groups is 1. The summed E-state index contributed by atoms with van der Waals surface area (Å²) in [6, 6.07) is 15.6. The minimum Gasteiger partial charge on any atom is -0.250 e. The van der Waals surface area contributed by atoms with E-state index in [1.54, 1.807) is 6.20 Å². The molecule has 0 amide bonds. The maximum absolute atomic E-state index is 4.35. The maximum atomic E-state index is 4.35. The Labute approximate surface area is 116 Å². The Bertz CT molecular complexity index is 536. The highest BCUT2D eigenvalue weighted by Crippen LogP contribution is 2.16. The molecule has 90 valence electrons. The van der Waals surface area contributed by atoms with Crippen molar-refractivity contribution < 1.29 is 0 Å². The second-order valence-corrected chi connectivity index (χ2v) is 4.78. The number of para-hydroxylation sites is 1. The first-order valence-corrected chi connectivity index (χ1v) is 6.74. The fourth-order valence-corrected chi connectivity index (χ4v) is 2.16. The molecule has 0 unspecified atom stereocenters. The second kappa shape index (κ2) is 7.03. The number of hydrogen-bond acceptors (Lipinski definition) is 3. The topological polar surface area (TPSA) is 25.2 Å². The molecule has 2 aromatic rings. The predicted octanol–water partition coefficient (Wildman–Crippen LogP) is 4.35. The number of rotatable bonds is 4. The molecule has 2 nitrogen and oxygen atoms in total. The van der Waals surface area contributed by atoms with Gasteiger partial charge >= 0.3 is 0 Å². The Morgan fingerprint density at radius 3 is 2.61 bits per heavy atom. The summed E-state index contributed by atoms with van der Waals surface area (Å²) >= 11 is 5.86. The molecule has 0 fully saturated rings. The van der Waals surface area contributed by atoms with Crippen LogP contribution in [0.25, 0.3) is 0 Å². The Balaban J connectivity index is 1.95. The van der Waals surface area contributed by atoms with Crippen LogP contribution >= 0.6 is 24.4 Å². The van der Waals surface area contributed by atoms with E-state index in [1.807, 2.05) is 60.0 Å². The summed E-state index contributed by atoms with van der Waals surface area (Å²) in [5.41, 5.74) is 0.898. The Hall–Kier alpha value is -1.52. The summed E-state index contributed by atoms with van der Waals surface area (Å²) in [5.74, 6) is 0. The van der Waals surface area contributed by atoms with Gasteiger partial charge in [0, 0.05) is 6.20 Å². The van der Waals surface area contributed by atoms with Crippen LogP contribution in [0.1, 0.15) is 0 Å². The van der Waals surface area contributed by atoms with Crippen LogP contribution in [0.3, 0.4) is 0 Å². The van der Waals surface area contributed by atoms with Crippen LogP contribution in [0.4, 0.5) is 5.69 Å². The van der Waals surface area contributed by atoms with Crippen molar-refractivity contribution >= 4 is 35.1 Å². The molecular weight excluding hydrogens is 260 g/mol. The Morgan fingerprint density at radius 2 is 1.89 bits per heavy atom. The first-order chi connectivity index (χ1) is 8.84. The lowest BCUT2D eigenvalue weighted by atomic mass is 10.3. The highest BCUT2D eigenvalue weighted by atomic mass is 32.2. The molecular formula is C14H12N2S2. The maximum Gasteiger partial charge on any atom is 0.100 e. The van der Waals surface area contributed by atoms with Gasteiger partial charge in [0.15, 0.2) is 0 Å². The lowest BCUT2D eigenvalue weighted by Crippen LogP contribution is -1.78. The highest BCUT2D eigenvalue weighted by Gasteiger charge is 1.91. The monoisotopic (exact) mass is 272 g/mol. The molecule has 0 saturated heterocycles. The van der Waals surface area contributed by atoms with Crippen LogP contribution in [-0.4, -0.2) is 10.0 Å². The standard InChI is InChI=1S/C14H12N2S2/c17-13(16-12-6-2-1-3-7-12)9-11-18-14-8-4-5-10-15-14/h1-11H,(H,16,17). The van der Waals surface area contributed by atoms with Crippen LogP contribution in [0, 0.1) is 0 Å². The van der Waals surface area contributed by atoms with Gasteiger partial charge in [-0.3, -0.25) is 0 Å². The molecule has 1 aromatic carbocycles.